The van der Waals surface area contributed by atoms with E-state index in [4.69, 9.17) is 0 Å². The van der Waals surface area contributed by atoms with Gasteiger partial charge in [0.05, 0.1) is 0 Å². The molecule has 0 aliphatic heterocycles. The standard InChI is InChI=1S/C21H33O2/c1-2-3-4-5-6-7-8-9-10-11-12-13-14-15-19-16-17-20(22)21(23)18-19/h17-18H,2-15H2,1H3. The van der Waals surface area contributed by atoms with Crippen molar-refractivity contribution in [2.24, 2.45) is 0 Å². The van der Waals surface area contributed by atoms with Crippen molar-refractivity contribution in [1.29, 1.82) is 0 Å². The minimum Gasteiger partial charge on any atom is -0.286 e. The van der Waals surface area contributed by atoms with Crippen LogP contribution in [-0.2, 0) is 9.59 Å². The molecule has 0 bridgehead atoms. The summed E-state index contributed by atoms with van der Waals surface area (Å²) in [5.41, 5.74) is 0.887. The molecule has 0 unspecified atom stereocenters. The Morgan fingerprint density at radius 1 is 0.696 bits per heavy atom. The first-order chi connectivity index (χ1) is 11.2. The van der Waals surface area contributed by atoms with Gasteiger partial charge in [0, 0.05) is 0 Å². The molecular weight excluding hydrogens is 284 g/mol. The fourth-order valence-corrected chi connectivity index (χ4v) is 2.98. The molecule has 0 amide bonds. The molecule has 23 heavy (non-hydrogen) atoms. The zero-order valence-electron chi connectivity index (χ0n) is 14.9. The van der Waals surface area contributed by atoms with Gasteiger partial charge >= 0.3 is 0 Å². The second-order valence-electron chi connectivity index (χ2n) is 6.68. The third-order valence-corrected chi connectivity index (χ3v) is 4.49. The maximum absolute atomic E-state index is 11.2. The second-order valence-corrected chi connectivity index (χ2v) is 6.68. The van der Waals surface area contributed by atoms with E-state index in [9.17, 15) is 9.59 Å². The van der Waals surface area contributed by atoms with Crippen LogP contribution in [0.3, 0.4) is 0 Å². The summed E-state index contributed by atoms with van der Waals surface area (Å²) < 4.78 is 0. The van der Waals surface area contributed by atoms with Crippen molar-refractivity contribution in [2.75, 3.05) is 0 Å². The summed E-state index contributed by atoms with van der Waals surface area (Å²) in [4.78, 5) is 22.3. The maximum atomic E-state index is 11.2. The zero-order valence-corrected chi connectivity index (χ0v) is 14.9. The van der Waals surface area contributed by atoms with Crippen molar-refractivity contribution in [3.63, 3.8) is 0 Å². The number of ketones is 2. The molecular formula is C21H33O2. The summed E-state index contributed by atoms with van der Waals surface area (Å²) in [7, 11) is 0. The quantitative estimate of drug-likeness (QED) is 0.227. The SMILES string of the molecule is CCCCCCCCCCCCCCCC1=CC(=O)C(=O)C=[C]1. The first kappa shape index (κ1) is 19.9. The second kappa shape index (κ2) is 13.3. The molecule has 1 radical (unpaired) electrons. The first-order valence-corrected chi connectivity index (χ1v) is 9.62. The van der Waals surface area contributed by atoms with Gasteiger partial charge in [-0.05, 0) is 36.6 Å². The monoisotopic (exact) mass is 317 g/mol. The fourth-order valence-electron chi connectivity index (χ4n) is 2.98. The highest BCUT2D eigenvalue weighted by Crippen LogP contribution is 2.16. The maximum Gasteiger partial charge on any atom is 0.226 e. The van der Waals surface area contributed by atoms with Crippen molar-refractivity contribution in [3.8, 4) is 0 Å². The van der Waals surface area contributed by atoms with Gasteiger partial charge in [-0.15, -0.1) is 0 Å². The largest absolute Gasteiger partial charge is 0.286 e. The van der Waals surface area contributed by atoms with E-state index in [2.05, 4.69) is 13.0 Å². The van der Waals surface area contributed by atoms with Crippen LogP contribution in [0, 0.1) is 6.08 Å². The van der Waals surface area contributed by atoms with Crippen LogP contribution in [-0.4, -0.2) is 11.6 Å². The van der Waals surface area contributed by atoms with Crippen LogP contribution < -0.4 is 0 Å². The molecule has 0 atom stereocenters. The molecule has 0 fully saturated rings. The summed E-state index contributed by atoms with van der Waals surface area (Å²) in [6.45, 7) is 2.27. The van der Waals surface area contributed by atoms with E-state index < -0.39 is 11.6 Å². The summed E-state index contributed by atoms with van der Waals surface area (Å²) in [5.74, 6) is -0.840. The Kier molecular flexibility index (Phi) is 11.5. The van der Waals surface area contributed by atoms with Crippen LogP contribution in [0.1, 0.15) is 96.8 Å². The third kappa shape index (κ3) is 10.3. The number of rotatable bonds is 14. The summed E-state index contributed by atoms with van der Waals surface area (Å²) >= 11 is 0. The highest BCUT2D eigenvalue weighted by Gasteiger charge is 2.12. The van der Waals surface area contributed by atoms with Crippen LogP contribution in [0.15, 0.2) is 17.7 Å². The highest BCUT2D eigenvalue weighted by atomic mass is 16.2. The van der Waals surface area contributed by atoms with E-state index in [1.807, 2.05) is 0 Å². The number of allylic oxidation sites excluding steroid dienone is 4. The van der Waals surface area contributed by atoms with Gasteiger partial charge in [0.25, 0.3) is 0 Å². The zero-order chi connectivity index (χ0) is 16.8. The van der Waals surface area contributed by atoms with E-state index in [0.717, 1.165) is 18.4 Å². The molecule has 0 saturated heterocycles. The van der Waals surface area contributed by atoms with E-state index >= 15 is 0 Å². The van der Waals surface area contributed by atoms with Crippen LogP contribution >= 0.6 is 0 Å². The number of unbranched alkanes of at least 4 members (excludes halogenated alkanes) is 12. The minimum atomic E-state index is -0.445. The van der Waals surface area contributed by atoms with Crippen molar-refractivity contribution in [3.05, 3.63) is 23.8 Å². The molecule has 2 heteroatoms. The predicted molar refractivity (Wildman–Crippen MR) is 96.2 cm³/mol. The summed E-state index contributed by atoms with van der Waals surface area (Å²) in [6, 6.07) is 0. The number of hydrogen-bond donors (Lipinski definition) is 0. The molecule has 0 aromatic rings. The average Bonchev–Trinajstić information content (AvgIpc) is 2.55. The molecule has 0 N–H and O–H groups in total. The normalized spacial score (nSPS) is 14.4. The Balaban J connectivity index is 1.83. The Labute approximate surface area is 142 Å². The van der Waals surface area contributed by atoms with Crippen LogP contribution in [0.5, 0.6) is 0 Å². The molecule has 0 saturated carbocycles. The predicted octanol–water partition coefficient (Wildman–Crippen LogP) is 5.91. The van der Waals surface area contributed by atoms with Gasteiger partial charge in [-0.25, -0.2) is 0 Å². The molecule has 1 rings (SSSR count). The Hall–Kier alpha value is -1.18. The van der Waals surface area contributed by atoms with Crippen molar-refractivity contribution < 1.29 is 9.59 Å². The van der Waals surface area contributed by atoms with Crippen molar-refractivity contribution in [1.82, 2.24) is 0 Å². The van der Waals surface area contributed by atoms with Crippen LogP contribution in [0.4, 0.5) is 0 Å². The van der Waals surface area contributed by atoms with Crippen LogP contribution in [0.25, 0.3) is 0 Å². The van der Waals surface area contributed by atoms with Gasteiger partial charge in [0.2, 0.25) is 11.6 Å². The lowest BCUT2D eigenvalue weighted by atomic mass is 9.99. The molecule has 0 heterocycles. The molecule has 129 valence electrons. The molecule has 2 nitrogen and oxygen atoms in total. The molecule has 0 aromatic carbocycles. The highest BCUT2D eigenvalue weighted by molar-refractivity contribution is 6.46. The Morgan fingerprint density at radius 3 is 1.65 bits per heavy atom. The van der Waals surface area contributed by atoms with Gasteiger partial charge in [-0.3, -0.25) is 9.59 Å². The Bertz CT molecular complexity index is 404. The van der Waals surface area contributed by atoms with Gasteiger partial charge in [0.1, 0.15) is 0 Å². The molecule has 0 aromatic heterocycles. The van der Waals surface area contributed by atoms with E-state index in [1.54, 1.807) is 0 Å². The molecule has 1 aliphatic rings. The van der Waals surface area contributed by atoms with E-state index in [0.29, 0.717) is 0 Å². The van der Waals surface area contributed by atoms with Gasteiger partial charge in [-0.2, -0.15) is 0 Å². The summed E-state index contributed by atoms with van der Waals surface area (Å²) in [6.07, 6.45) is 23.9. The van der Waals surface area contributed by atoms with E-state index in [1.165, 1.54) is 89.2 Å². The smallest absolute Gasteiger partial charge is 0.226 e. The summed E-state index contributed by atoms with van der Waals surface area (Å²) in [5, 5.41) is 0. The lowest BCUT2D eigenvalue weighted by Gasteiger charge is -2.05. The lowest BCUT2D eigenvalue weighted by molar-refractivity contribution is -0.131. The minimum absolute atomic E-state index is 0.395. The fraction of sp³-hybridized carbons (Fsp3) is 0.714. The van der Waals surface area contributed by atoms with E-state index in [-0.39, 0.29) is 0 Å². The van der Waals surface area contributed by atoms with Crippen LogP contribution in [0.2, 0.25) is 0 Å². The first-order valence-electron chi connectivity index (χ1n) is 9.62. The number of hydrogen-bond acceptors (Lipinski definition) is 2. The van der Waals surface area contributed by atoms with Crippen molar-refractivity contribution >= 4 is 11.6 Å². The lowest BCUT2D eigenvalue weighted by Crippen LogP contribution is -2.11. The number of carbonyl (C=O) groups excluding carboxylic acids is 2. The average molecular weight is 317 g/mol. The van der Waals surface area contributed by atoms with Crippen molar-refractivity contribution in [2.45, 2.75) is 96.8 Å². The van der Waals surface area contributed by atoms with Gasteiger partial charge in [-0.1, -0.05) is 84.0 Å². The topological polar surface area (TPSA) is 34.1 Å². The third-order valence-electron chi connectivity index (χ3n) is 4.49. The van der Waals surface area contributed by atoms with Gasteiger partial charge in [0.15, 0.2) is 0 Å². The molecule has 0 spiro atoms. The molecule has 1 aliphatic carbocycles. The van der Waals surface area contributed by atoms with Gasteiger partial charge < -0.3 is 0 Å². The Morgan fingerprint density at radius 2 is 1.17 bits per heavy atom. The number of carbonyl (C=O) groups is 2.